The first-order chi connectivity index (χ1) is 8.22. The van der Waals surface area contributed by atoms with Gasteiger partial charge in [0, 0.05) is 25.6 Å². The molecule has 0 aliphatic carbocycles. The van der Waals surface area contributed by atoms with Crippen LogP contribution in [0.15, 0.2) is 0 Å². The van der Waals surface area contributed by atoms with Crippen molar-refractivity contribution < 1.29 is 0 Å². The van der Waals surface area contributed by atoms with Crippen LogP contribution in [0.1, 0.15) is 46.0 Å². The third-order valence-corrected chi connectivity index (χ3v) is 3.28. The summed E-state index contributed by atoms with van der Waals surface area (Å²) in [5.74, 6) is 0.729. The summed E-state index contributed by atoms with van der Waals surface area (Å²) in [6, 6.07) is 2.92. The Bertz CT molecular complexity index is 226. The number of hydrogen-bond donors (Lipinski definition) is 1. The molecule has 1 saturated heterocycles. The predicted molar refractivity (Wildman–Crippen MR) is 71.8 cm³/mol. The topological polar surface area (TPSA) is 39.1 Å². The lowest BCUT2D eigenvalue weighted by molar-refractivity contribution is 0.220. The fourth-order valence-corrected chi connectivity index (χ4v) is 2.54. The van der Waals surface area contributed by atoms with Crippen LogP contribution in [0.4, 0.5) is 0 Å². The van der Waals surface area contributed by atoms with Gasteiger partial charge in [0.05, 0.1) is 6.07 Å². The van der Waals surface area contributed by atoms with Gasteiger partial charge in [-0.3, -0.25) is 0 Å². The number of unbranched alkanes of at least 4 members (excludes halogenated alkanes) is 2. The zero-order valence-electron chi connectivity index (χ0n) is 11.4. The Morgan fingerprint density at radius 3 is 2.82 bits per heavy atom. The van der Waals surface area contributed by atoms with E-state index in [1.807, 2.05) is 0 Å². The number of rotatable bonds is 8. The van der Waals surface area contributed by atoms with Crippen molar-refractivity contribution >= 4 is 0 Å². The molecule has 17 heavy (non-hydrogen) atoms. The lowest BCUT2D eigenvalue weighted by Gasteiger charge is -2.27. The van der Waals surface area contributed by atoms with E-state index in [0.29, 0.717) is 12.5 Å². The molecule has 1 N–H and O–H groups in total. The summed E-state index contributed by atoms with van der Waals surface area (Å²) in [6.45, 7) is 9.27. The van der Waals surface area contributed by atoms with Crippen LogP contribution < -0.4 is 5.32 Å². The minimum atomic E-state index is 0.699. The van der Waals surface area contributed by atoms with Crippen LogP contribution in [0.3, 0.4) is 0 Å². The van der Waals surface area contributed by atoms with Crippen molar-refractivity contribution in [1.29, 1.82) is 5.26 Å². The molecule has 0 amide bonds. The zero-order valence-corrected chi connectivity index (χ0v) is 11.4. The average molecular weight is 237 g/mol. The molecule has 0 aromatic carbocycles. The van der Waals surface area contributed by atoms with E-state index in [9.17, 15) is 0 Å². The third kappa shape index (κ3) is 6.65. The third-order valence-electron chi connectivity index (χ3n) is 3.28. The molecule has 1 unspecified atom stereocenters. The van der Waals surface area contributed by atoms with Crippen LogP contribution in [-0.4, -0.2) is 37.1 Å². The maximum Gasteiger partial charge on any atom is 0.0621 e. The normalized spacial score (nSPS) is 20.1. The van der Waals surface area contributed by atoms with Crippen LogP contribution in [-0.2, 0) is 0 Å². The van der Waals surface area contributed by atoms with E-state index in [-0.39, 0.29) is 0 Å². The van der Waals surface area contributed by atoms with Gasteiger partial charge in [0.2, 0.25) is 0 Å². The van der Waals surface area contributed by atoms with Crippen LogP contribution in [0.2, 0.25) is 0 Å². The van der Waals surface area contributed by atoms with Crippen molar-refractivity contribution in [2.24, 2.45) is 5.92 Å². The van der Waals surface area contributed by atoms with Crippen molar-refractivity contribution in [3.8, 4) is 6.07 Å². The molecule has 0 bridgehead atoms. The number of nitriles is 1. The second-order valence-corrected chi connectivity index (χ2v) is 5.56. The predicted octanol–water partition coefficient (Wildman–Crippen LogP) is 2.39. The van der Waals surface area contributed by atoms with Crippen LogP contribution in [0.25, 0.3) is 0 Å². The van der Waals surface area contributed by atoms with Gasteiger partial charge < -0.3 is 10.2 Å². The summed E-state index contributed by atoms with van der Waals surface area (Å²) >= 11 is 0. The number of nitrogens with zero attached hydrogens (tertiary/aromatic N) is 2. The molecule has 1 heterocycles. The molecule has 0 radical (unpaired) electrons. The molecule has 1 aliphatic heterocycles. The molecule has 1 fully saturated rings. The quantitative estimate of drug-likeness (QED) is 0.659. The summed E-state index contributed by atoms with van der Waals surface area (Å²) in [4.78, 5) is 2.57. The Morgan fingerprint density at radius 2 is 2.24 bits per heavy atom. The molecule has 0 aromatic heterocycles. The molecule has 3 nitrogen and oxygen atoms in total. The smallest absolute Gasteiger partial charge is 0.0621 e. The lowest BCUT2D eigenvalue weighted by atomic mass is 10.1. The fraction of sp³-hybridized carbons (Fsp3) is 0.929. The van der Waals surface area contributed by atoms with Crippen molar-refractivity contribution in [3.63, 3.8) is 0 Å². The van der Waals surface area contributed by atoms with Crippen LogP contribution in [0, 0.1) is 17.2 Å². The Labute approximate surface area is 106 Å². The highest BCUT2D eigenvalue weighted by molar-refractivity contribution is 4.78. The molecule has 1 rings (SSSR count). The molecule has 1 aliphatic rings. The number of hydrogen-bond acceptors (Lipinski definition) is 3. The minimum absolute atomic E-state index is 0.699. The van der Waals surface area contributed by atoms with Crippen LogP contribution in [0.5, 0.6) is 0 Å². The first kappa shape index (κ1) is 14.5. The molecule has 0 spiro atoms. The fourth-order valence-electron chi connectivity index (χ4n) is 2.54. The van der Waals surface area contributed by atoms with E-state index in [1.165, 1.54) is 32.5 Å². The Kier molecular flexibility index (Phi) is 7.23. The van der Waals surface area contributed by atoms with Gasteiger partial charge in [-0.05, 0) is 44.7 Å². The highest BCUT2D eigenvalue weighted by Gasteiger charge is 2.18. The molecule has 3 heteroatoms. The largest absolute Gasteiger partial charge is 0.313 e. The Morgan fingerprint density at radius 1 is 1.41 bits per heavy atom. The minimum Gasteiger partial charge on any atom is -0.313 e. The van der Waals surface area contributed by atoms with E-state index >= 15 is 0 Å². The van der Waals surface area contributed by atoms with E-state index in [1.54, 1.807) is 0 Å². The highest BCUT2D eigenvalue weighted by Crippen LogP contribution is 2.10. The average Bonchev–Trinajstić information content (AvgIpc) is 2.76. The number of nitrogens with one attached hydrogen (secondary N) is 1. The van der Waals surface area contributed by atoms with Gasteiger partial charge >= 0.3 is 0 Å². The summed E-state index contributed by atoms with van der Waals surface area (Å²) in [7, 11) is 0. The van der Waals surface area contributed by atoms with Gasteiger partial charge in [-0.15, -0.1) is 0 Å². The molecule has 0 aromatic rings. The van der Waals surface area contributed by atoms with E-state index in [4.69, 9.17) is 5.26 Å². The SMILES string of the molecule is CC(C)CN(CCCCC#N)CC1CCCN1. The van der Waals surface area contributed by atoms with E-state index < -0.39 is 0 Å². The van der Waals surface area contributed by atoms with Gasteiger partial charge in [-0.1, -0.05) is 13.8 Å². The second-order valence-electron chi connectivity index (χ2n) is 5.56. The highest BCUT2D eigenvalue weighted by atomic mass is 15.2. The summed E-state index contributed by atoms with van der Waals surface area (Å²) < 4.78 is 0. The molecule has 0 saturated carbocycles. The molecular formula is C14H27N3. The van der Waals surface area contributed by atoms with Crippen molar-refractivity contribution in [3.05, 3.63) is 0 Å². The first-order valence-corrected chi connectivity index (χ1v) is 7.05. The molecular weight excluding hydrogens is 210 g/mol. The zero-order chi connectivity index (χ0) is 12.5. The molecule has 98 valence electrons. The Balaban J connectivity index is 2.23. The maximum absolute atomic E-state index is 8.53. The van der Waals surface area contributed by atoms with Gasteiger partial charge in [-0.2, -0.15) is 5.26 Å². The van der Waals surface area contributed by atoms with E-state index in [2.05, 4.69) is 30.1 Å². The van der Waals surface area contributed by atoms with Gasteiger partial charge in [0.1, 0.15) is 0 Å². The van der Waals surface area contributed by atoms with Gasteiger partial charge in [-0.25, -0.2) is 0 Å². The summed E-state index contributed by atoms with van der Waals surface area (Å²) in [5.41, 5.74) is 0. The Hall–Kier alpha value is -0.590. The first-order valence-electron chi connectivity index (χ1n) is 7.05. The van der Waals surface area contributed by atoms with Crippen LogP contribution >= 0.6 is 0 Å². The standard InChI is InChI=1S/C14H27N3/c1-13(2)11-17(10-5-3-4-8-15)12-14-7-6-9-16-14/h13-14,16H,3-7,9-12H2,1-2H3. The van der Waals surface area contributed by atoms with E-state index in [0.717, 1.165) is 25.3 Å². The van der Waals surface area contributed by atoms with Crippen molar-refractivity contribution in [2.45, 2.75) is 52.0 Å². The van der Waals surface area contributed by atoms with Gasteiger partial charge in [0.15, 0.2) is 0 Å². The maximum atomic E-state index is 8.53. The monoisotopic (exact) mass is 237 g/mol. The van der Waals surface area contributed by atoms with Crippen molar-refractivity contribution in [1.82, 2.24) is 10.2 Å². The summed E-state index contributed by atoms with van der Waals surface area (Å²) in [5, 5.41) is 12.1. The lowest BCUT2D eigenvalue weighted by Crippen LogP contribution is -2.39. The summed E-state index contributed by atoms with van der Waals surface area (Å²) in [6.07, 6.45) is 5.56. The molecule has 1 atom stereocenters. The van der Waals surface area contributed by atoms with Gasteiger partial charge in [0.25, 0.3) is 0 Å². The second kappa shape index (κ2) is 8.49. The van der Waals surface area contributed by atoms with Crippen molar-refractivity contribution in [2.75, 3.05) is 26.2 Å².